The fourth-order valence-corrected chi connectivity index (χ4v) is 0.494. The molecule has 52 valence electrons. The van der Waals surface area contributed by atoms with Crippen LogP contribution in [0.4, 0.5) is 0 Å². The molecule has 0 aromatic carbocycles. The van der Waals surface area contributed by atoms with Crippen molar-refractivity contribution in [1.82, 2.24) is 0 Å². The molecule has 0 aliphatic heterocycles. The maximum Gasteiger partial charge on any atom is 0.303 e. The van der Waals surface area contributed by atoms with E-state index < -0.39 is 5.97 Å². The molecule has 0 bridgehead atoms. The molecule has 0 rings (SSSR count). The van der Waals surface area contributed by atoms with Crippen LogP contribution in [0.25, 0.3) is 0 Å². The molecule has 4 heteroatoms. The molecule has 3 N–H and O–H groups in total. The van der Waals surface area contributed by atoms with Crippen LogP contribution in [0.3, 0.4) is 0 Å². The number of carboxylic acids is 1. The Bertz CT molecular complexity index is 116. The van der Waals surface area contributed by atoms with Gasteiger partial charge in [0.15, 0.2) is 0 Å². The van der Waals surface area contributed by atoms with Crippen LogP contribution in [0.1, 0.15) is 12.8 Å². The molecule has 0 aliphatic carbocycles. The maximum absolute atomic E-state index is 9.92. The van der Waals surface area contributed by atoms with E-state index in [9.17, 15) is 4.79 Å². The standard InChI is InChI=1S/C5H9NO2S/c6-4(3-9)1-2-5(7)8/h3-4H,1-2,6H2,(H,7,8). The Morgan fingerprint density at radius 3 is 2.78 bits per heavy atom. The topological polar surface area (TPSA) is 63.3 Å². The average molecular weight is 147 g/mol. The fraction of sp³-hybridized carbons (Fsp3) is 0.600. The number of carbonyl (C=O) groups is 1. The van der Waals surface area contributed by atoms with Gasteiger partial charge in [-0.3, -0.25) is 4.79 Å². The molecule has 9 heavy (non-hydrogen) atoms. The van der Waals surface area contributed by atoms with Crippen LogP contribution in [-0.4, -0.2) is 22.5 Å². The molecule has 0 amide bonds. The third-order valence-electron chi connectivity index (χ3n) is 0.866. The Morgan fingerprint density at radius 2 is 2.44 bits per heavy atom. The van der Waals surface area contributed by atoms with Crippen molar-refractivity contribution in [2.75, 3.05) is 0 Å². The van der Waals surface area contributed by atoms with Gasteiger partial charge in [-0.15, -0.1) is 0 Å². The van der Waals surface area contributed by atoms with Crippen molar-refractivity contribution in [2.24, 2.45) is 5.73 Å². The van der Waals surface area contributed by atoms with E-state index in [-0.39, 0.29) is 12.5 Å². The summed E-state index contributed by atoms with van der Waals surface area (Å²) in [6, 6.07) is -0.254. The normalized spacial score (nSPS) is 12.6. The van der Waals surface area contributed by atoms with Crippen LogP contribution < -0.4 is 5.73 Å². The summed E-state index contributed by atoms with van der Waals surface area (Å²) >= 11 is 4.48. The zero-order valence-electron chi connectivity index (χ0n) is 4.91. The van der Waals surface area contributed by atoms with Gasteiger partial charge in [0.05, 0.1) is 0 Å². The van der Waals surface area contributed by atoms with E-state index in [1.54, 1.807) is 0 Å². The highest BCUT2D eigenvalue weighted by molar-refractivity contribution is 7.79. The van der Waals surface area contributed by atoms with Gasteiger partial charge >= 0.3 is 5.97 Å². The van der Waals surface area contributed by atoms with Crippen LogP contribution >= 0.6 is 12.2 Å². The fourth-order valence-electron chi connectivity index (χ4n) is 0.358. The van der Waals surface area contributed by atoms with Gasteiger partial charge in [-0.25, -0.2) is 0 Å². The first-order chi connectivity index (χ1) is 4.16. The smallest absolute Gasteiger partial charge is 0.303 e. The predicted octanol–water partition coefficient (Wildman–Crippen LogP) is 0.178. The summed E-state index contributed by atoms with van der Waals surface area (Å²) in [7, 11) is 0. The molecular formula is C5H9NO2S. The van der Waals surface area contributed by atoms with Crippen molar-refractivity contribution in [3.63, 3.8) is 0 Å². The monoisotopic (exact) mass is 147 g/mol. The number of thiocarbonyl (C=S) groups is 1. The van der Waals surface area contributed by atoms with Gasteiger partial charge < -0.3 is 10.8 Å². The number of hydrogen-bond acceptors (Lipinski definition) is 3. The molecule has 0 aliphatic rings. The number of hydrogen-bond donors (Lipinski definition) is 2. The second-order valence-electron chi connectivity index (χ2n) is 1.73. The highest BCUT2D eigenvalue weighted by Crippen LogP contribution is 1.91. The minimum Gasteiger partial charge on any atom is -0.481 e. The quantitative estimate of drug-likeness (QED) is 0.557. The predicted molar refractivity (Wildman–Crippen MR) is 38.5 cm³/mol. The summed E-state index contributed by atoms with van der Waals surface area (Å²) < 4.78 is 0. The van der Waals surface area contributed by atoms with E-state index in [0.29, 0.717) is 6.42 Å². The van der Waals surface area contributed by atoms with E-state index >= 15 is 0 Å². The first kappa shape index (κ1) is 8.52. The Kier molecular flexibility index (Phi) is 4.17. The van der Waals surface area contributed by atoms with E-state index in [1.807, 2.05) is 0 Å². The van der Waals surface area contributed by atoms with E-state index in [4.69, 9.17) is 10.8 Å². The first-order valence-corrected chi connectivity index (χ1v) is 3.06. The molecule has 1 unspecified atom stereocenters. The third-order valence-corrected chi connectivity index (χ3v) is 1.22. The van der Waals surface area contributed by atoms with E-state index in [0.717, 1.165) is 0 Å². The van der Waals surface area contributed by atoms with Crippen molar-refractivity contribution in [1.29, 1.82) is 0 Å². The lowest BCUT2D eigenvalue weighted by Gasteiger charge is -1.99. The summed E-state index contributed by atoms with van der Waals surface area (Å²) in [5, 5.41) is 9.53. The van der Waals surface area contributed by atoms with Crippen molar-refractivity contribution < 1.29 is 9.90 Å². The van der Waals surface area contributed by atoms with Crippen LogP contribution in [0.5, 0.6) is 0 Å². The summed E-state index contributed by atoms with van der Waals surface area (Å²) in [6.07, 6.45) is 0.521. The number of carboxylic acid groups (broad SMARTS) is 1. The van der Waals surface area contributed by atoms with Crippen molar-refractivity contribution in [3.05, 3.63) is 0 Å². The minimum atomic E-state index is -0.831. The van der Waals surface area contributed by atoms with Crippen LogP contribution in [0.15, 0.2) is 0 Å². The van der Waals surface area contributed by atoms with Crippen LogP contribution in [0.2, 0.25) is 0 Å². The lowest BCUT2D eigenvalue weighted by Crippen LogP contribution is -2.21. The molecule has 0 radical (unpaired) electrons. The highest BCUT2D eigenvalue weighted by Gasteiger charge is 2.00. The second-order valence-corrected chi connectivity index (χ2v) is 2.00. The SMILES string of the molecule is NC(C=S)CCC(=O)O. The number of nitrogens with two attached hydrogens (primary N) is 1. The molecule has 1 atom stereocenters. The zero-order valence-corrected chi connectivity index (χ0v) is 5.73. The molecule has 0 aromatic rings. The lowest BCUT2D eigenvalue weighted by atomic mass is 10.2. The second kappa shape index (κ2) is 4.40. The summed E-state index contributed by atoms with van der Waals surface area (Å²) in [4.78, 5) is 9.92. The first-order valence-electron chi connectivity index (χ1n) is 2.59. The maximum atomic E-state index is 9.92. The Morgan fingerprint density at radius 1 is 1.89 bits per heavy atom. The van der Waals surface area contributed by atoms with Crippen molar-refractivity contribution >= 4 is 23.6 Å². The average Bonchev–Trinajstić information content (AvgIpc) is 1.83. The molecule has 0 saturated carbocycles. The lowest BCUT2D eigenvalue weighted by molar-refractivity contribution is -0.137. The van der Waals surface area contributed by atoms with Gasteiger partial charge in [0.25, 0.3) is 0 Å². The Balaban J connectivity index is 3.26. The summed E-state index contributed by atoms with van der Waals surface area (Å²) in [5.41, 5.74) is 5.30. The van der Waals surface area contributed by atoms with Gasteiger partial charge in [0.1, 0.15) is 0 Å². The molecule has 0 fully saturated rings. The molecule has 0 spiro atoms. The van der Waals surface area contributed by atoms with E-state index in [2.05, 4.69) is 12.2 Å². The van der Waals surface area contributed by atoms with Crippen molar-refractivity contribution in [2.45, 2.75) is 18.9 Å². The van der Waals surface area contributed by atoms with Gasteiger partial charge in [-0.2, -0.15) is 0 Å². The summed E-state index contributed by atoms with van der Waals surface area (Å²) in [6.45, 7) is 0. The number of aliphatic carboxylic acids is 1. The largest absolute Gasteiger partial charge is 0.481 e. The molecule has 3 nitrogen and oxygen atoms in total. The van der Waals surface area contributed by atoms with Crippen LogP contribution in [-0.2, 0) is 4.79 Å². The Labute approximate surface area is 58.9 Å². The van der Waals surface area contributed by atoms with Gasteiger partial charge in [0, 0.05) is 12.5 Å². The van der Waals surface area contributed by atoms with Gasteiger partial charge in [0.2, 0.25) is 0 Å². The zero-order chi connectivity index (χ0) is 7.28. The highest BCUT2D eigenvalue weighted by atomic mass is 32.1. The molecule has 0 aromatic heterocycles. The van der Waals surface area contributed by atoms with Crippen LogP contribution in [0, 0.1) is 0 Å². The molecule has 0 saturated heterocycles. The minimum absolute atomic E-state index is 0.0916. The van der Waals surface area contributed by atoms with Gasteiger partial charge in [-0.05, 0) is 11.8 Å². The molecular weight excluding hydrogens is 138 g/mol. The molecule has 0 heterocycles. The summed E-state index contributed by atoms with van der Waals surface area (Å²) in [5.74, 6) is -0.831. The van der Waals surface area contributed by atoms with Crippen molar-refractivity contribution in [3.8, 4) is 0 Å². The Hall–Kier alpha value is -0.480. The number of rotatable bonds is 4. The van der Waals surface area contributed by atoms with Gasteiger partial charge in [-0.1, -0.05) is 12.2 Å². The third kappa shape index (κ3) is 5.39. The van der Waals surface area contributed by atoms with E-state index in [1.165, 1.54) is 5.37 Å².